The minimum Gasteiger partial charge on any atom is -0.308 e. The van der Waals surface area contributed by atoms with E-state index in [-0.39, 0.29) is 10.8 Å². The van der Waals surface area contributed by atoms with E-state index in [1.165, 1.54) is 13.2 Å². The first-order chi connectivity index (χ1) is 13.0. The second-order valence-electron chi connectivity index (χ2n) is 6.08. The van der Waals surface area contributed by atoms with Crippen molar-refractivity contribution in [2.75, 3.05) is 18.5 Å². The number of pyridine rings is 1. The first kappa shape index (κ1) is 17.4. The molecular weight excluding hydrogens is 366 g/mol. The van der Waals surface area contributed by atoms with Crippen molar-refractivity contribution < 1.29 is 13.2 Å². The molecule has 1 aliphatic rings. The number of rotatable bonds is 4. The molecule has 0 fully saturated rings. The van der Waals surface area contributed by atoms with Gasteiger partial charge in [-0.3, -0.25) is 9.36 Å². The summed E-state index contributed by atoms with van der Waals surface area (Å²) in [5.74, 6) is 0.450. The van der Waals surface area contributed by atoms with Gasteiger partial charge in [0.1, 0.15) is 12.1 Å². The van der Waals surface area contributed by atoms with Gasteiger partial charge in [0.2, 0.25) is 10.0 Å². The lowest BCUT2D eigenvalue weighted by molar-refractivity contribution is 0.0989. The van der Waals surface area contributed by atoms with Crippen LogP contribution in [0.15, 0.2) is 60.1 Å². The molecule has 0 spiro atoms. The SMILES string of the molecule is CNS(=O)(=O)c1ccc2c(c1)N(C(=O)c1ccc(-n3ccnc3)nc1)CC2. The number of carbonyl (C=O) groups excluding carboxylic acids is 1. The standard InChI is InChI=1S/C18H17N5O3S/c1-19-27(25,26)15-4-2-13-6-8-23(16(13)10-15)18(24)14-3-5-17(21-11-14)22-9-7-20-12-22/h2-5,7,9-12,19H,6,8H2,1H3. The van der Waals surface area contributed by atoms with Crippen LogP contribution in [0, 0.1) is 0 Å². The molecule has 3 aromatic rings. The normalized spacial score (nSPS) is 13.6. The van der Waals surface area contributed by atoms with Crippen LogP contribution in [0.1, 0.15) is 15.9 Å². The lowest BCUT2D eigenvalue weighted by Gasteiger charge is -2.18. The van der Waals surface area contributed by atoms with Crippen molar-refractivity contribution in [2.45, 2.75) is 11.3 Å². The minimum absolute atomic E-state index is 0.136. The van der Waals surface area contributed by atoms with Crippen molar-refractivity contribution in [3.63, 3.8) is 0 Å². The van der Waals surface area contributed by atoms with Crippen LogP contribution >= 0.6 is 0 Å². The molecule has 1 amide bonds. The molecule has 0 aliphatic carbocycles. The fourth-order valence-corrected chi connectivity index (χ4v) is 3.82. The third-order valence-corrected chi connectivity index (χ3v) is 5.95. The maximum Gasteiger partial charge on any atom is 0.259 e. The van der Waals surface area contributed by atoms with Gasteiger partial charge in [-0.25, -0.2) is 23.1 Å². The van der Waals surface area contributed by atoms with Gasteiger partial charge >= 0.3 is 0 Å². The number of amides is 1. The molecule has 1 N–H and O–H groups in total. The molecule has 3 heterocycles. The van der Waals surface area contributed by atoms with Gasteiger partial charge in [-0.1, -0.05) is 6.07 Å². The van der Waals surface area contributed by atoms with Gasteiger partial charge in [-0.15, -0.1) is 0 Å². The van der Waals surface area contributed by atoms with Crippen molar-refractivity contribution in [1.29, 1.82) is 0 Å². The van der Waals surface area contributed by atoms with E-state index in [1.54, 1.807) is 58.5 Å². The molecule has 0 atom stereocenters. The zero-order chi connectivity index (χ0) is 19.0. The molecule has 9 heteroatoms. The van der Waals surface area contributed by atoms with Crippen LogP contribution in [0.5, 0.6) is 0 Å². The van der Waals surface area contributed by atoms with Crippen molar-refractivity contribution in [2.24, 2.45) is 0 Å². The summed E-state index contributed by atoms with van der Waals surface area (Å²) < 4.78 is 28.2. The molecule has 0 unspecified atom stereocenters. The third-order valence-electron chi connectivity index (χ3n) is 4.54. The fourth-order valence-electron chi connectivity index (χ4n) is 3.07. The maximum atomic E-state index is 12.9. The molecular formula is C18H17N5O3S. The van der Waals surface area contributed by atoms with E-state index in [2.05, 4.69) is 14.7 Å². The molecule has 2 aromatic heterocycles. The van der Waals surface area contributed by atoms with E-state index in [9.17, 15) is 13.2 Å². The highest BCUT2D eigenvalue weighted by molar-refractivity contribution is 7.89. The first-order valence-electron chi connectivity index (χ1n) is 8.32. The number of benzene rings is 1. The number of hydrogen-bond donors (Lipinski definition) is 1. The first-order valence-corrected chi connectivity index (χ1v) is 9.80. The quantitative estimate of drug-likeness (QED) is 0.734. The van der Waals surface area contributed by atoms with E-state index in [1.807, 2.05) is 0 Å². The molecule has 0 saturated heterocycles. The number of nitrogens with one attached hydrogen (secondary N) is 1. The molecule has 0 radical (unpaired) electrons. The molecule has 138 valence electrons. The zero-order valence-electron chi connectivity index (χ0n) is 14.5. The van der Waals surface area contributed by atoms with E-state index < -0.39 is 10.0 Å². The van der Waals surface area contributed by atoms with Crippen LogP contribution in [-0.4, -0.2) is 42.5 Å². The van der Waals surface area contributed by atoms with E-state index >= 15 is 0 Å². The predicted octanol–water partition coefficient (Wildman–Crippen LogP) is 1.38. The number of fused-ring (bicyclic) bond motifs is 1. The molecule has 4 rings (SSSR count). The van der Waals surface area contributed by atoms with Gasteiger partial charge in [-0.2, -0.15) is 0 Å². The minimum atomic E-state index is -3.57. The average molecular weight is 383 g/mol. The summed E-state index contributed by atoms with van der Waals surface area (Å²) in [6.45, 7) is 0.500. The van der Waals surface area contributed by atoms with E-state index in [4.69, 9.17) is 0 Å². The Kier molecular flexibility index (Phi) is 4.25. The number of hydrogen-bond acceptors (Lipinski definition) is 5. The summed E-state index contributed by atoms with van der Waals surface area (Å²) in [5, 5.41) is 0. The Morgan fingerprint density at radius 2 is 2.07 bits per heavy atom. The summed E-state index contributed by atoms with van der Waals surface area (Å²) in [6, 6.07) is 8.30. The topological polar surface area (TPSA) is 97.2 Å². The predicted molar refractivity (Wildman–Crippen MR) is 99.4 cm³/mol. The molecule has 8 nitrogen and oxygen atoms in total. The second kappa shape index (κ2) is 6.60. The molecule has 27 heavy (non-hydrogen) atoms. The van der Waals surface area contributed by atoms with Crippen LogP contribution < -0.4 is 9.62 Å². The average Bonchev–Trinajstić information content (AvgIpc) is 3.37. The summed E-state index contributed by atoms with van der Waals surface area (Å²) >= 11 is 0. The van der Waals surface area contributed by atoms with Crippen molar-refractivity contribution in [3.8, 4) is 5.82 Å². The molecule has 1 aliphatic heterocycles. The lowest BCUT2D eigenvalue weighted by atomic mass is 10.2. The Morgan fingerprint density at radius 3 is 2.74 bits per heavy atom. The number of carbonyl (C=O) groups is 1. The van der Waals surface area contributed by atoms with Crippen molar-refractivity contribution >= 4 is 21.6 Å². The largest absolute Gasteiger partial charge is 0.308 e. The van der Waals surface area contributed by atoms with Gasteiger partial charge in [0, 0.05) is 30.8 Å². The van der Waals surface area contributed by atoms with Gasteiger partial charge in [0.15, 0.2) is 0 Å². The fraction of sp³-hybridized carbons (Fsp3) is 0.167. The Morgan fingerprint density at radius 1 is 1.22 bits per heavy atom. The monoisotopic (exact) mass is 383 g/mol. The number of aromatic nitrogens is 3. The lowest BCUT2D eigenvalue weighted by Crippen LogP contribution is -2.29. The van der Waals surface area contributed by atoms with Crippen molar-refractivity contribution in [1.82, 2.24) is 19.3 Å². The highest BCUT2D eigenvalue weighted by Gasteiger charge is 2.27. The summed E-state index contributed by atoms with van der Waals surface area (Å²) in [7, 11) is -2.21. The van der Waals surface area contributed by atoms with Crippen LogP contribution in [0.4, 0.5) is 5.69 Å². The van der Waals surface area contributed by atoms with Crippen LogP contribution in [0.25, 0.3) is 5.82 Å². The number of imidazole rings is 1. The molecule has 0 saturated carbocycles. The number of anilines is 1. The van der Waals surface area contributed by atoms with Gasteiger partial charge in [0.05, 0.1) is 10.5 Å². The van der Waals surface area contributed by atoms with E-state index in [0.717, 1.165) is 5.56 Å². The Hall–Kier alpha value is -3.04. The second-order valence-corrected chi connectivity index (χ2v) is 7.97. The molecule has 1 aromatic carbocycles. The molecule has 0 bridgehead atoms. The zero-order valence-corrected chi connectivity index (χ0v) is 15.3. The van der Waals surface area contributed by atoms with Crippen LogP contribution in [0.2, 0.25) is 0 Å². The summed E-state index contributed by atoms with van der Waals surface area (Å²) in [5.41, 5.74) is 2.00. The van der Waals surface area contributed by atoms with Crippen LogP contribution in [-0.2, 0) is 16.4 Å². The summed E-state index contributed by atoms with van der Waals surface area (Å²) in [6.07, 6.45) is 7.25. The Balaban J connectivity index is 1.64. The highest BCUT2D eigenvalue weighted by atomic mass is 32.2. The highest BCUT2D eigenvalue weighted by Crippen LogP contribution is 2.31. The van der Waals surface area contributed by atoms with Crippen molar-refractivity contribution in [3.05, 3.63) is 66.4 Å². The third kappa shape index (κ3) is 3.11. The smallest absolute Gasteiger partial charge is 0.259 e. The Labute approximate surface area is 156 Å². The number of nitrogens with zero attached hydrogens (tertiary/aromatic N) is 4. The van der Waals surface area contributed by atoms with Gasteiger partial charge in [0.25, 0.3) is 5.91 Å². The maximum absolute atomic E-state index is 12.9. The van der Waals surface area contributed by atoms with Gasteiger partial charge in [-0.05, 0) is 43.3 Å². The van der Waals surface area contributed by atoms with E-state index in [0.29, 0.717) is 30.0 Å². The van der Waals surface area contributed by atoms with Crippen LogP contribution in [0.3, 0.4) is 0 Å². The van der Waals surface area contributed by atoms with Gasteiger partial charge < -0.3 is 4.90 Å². The number of sulfonamides is 1. The Bertz CT molecular complexity index is 1090. The summed E-state index contributed by atoms with van der Waals surface area (Å²) in [4.78, 5) is 23.0.